The van der Waals surface area contributed by atoms with Crippen LogP contribution in [0.2, 0.25) is 0 Å². The van der Waals surface area contributed by atoms with Crippen LogP contribution in [-0.2, 0) is 6.61 Å². The average molecular weight is 373 g/mol. The molecule has 0 radical (unpaired) electrons. The van der Waals surface area contributed by atoms with Crippen LogP contribution in [0, 0.1) is 6.92 Å². The molecule has 0 saturated heterocycles. The first-order valence-electron chi connectivity index (χ1n) is 7.77. The van der Waals surface area contributed by atoms with Crippen LogP contribution in [0.3, 0.4) is 0 Å². The third-order valence-corrected chi connectivity index (χ3v) is 5.06. The Labute approximate surface area is 150 Å². The maximum Gasteiger partial charge on any atom is 0.388 e. The van der Waals surface area contributed by atoms with Gasteiger partial charge in [-0.2, -0.15) is 8.78 Å². The Hall–Kier alpha value is -2.71. The van der Waals surface area contributed by atoms with Gasteiger partial charge in [-0.3, -0.25) is 0 Å². The molecule has 2 heterocycles. The van der Waals surface area contributed by atoms with E-state index in [0.29, 0.717) is 11.0 Å². The summed E-state index contributed by atoms with van der Waals surface area (Å²) in [6.45, 7) is -1.13. The number of rotatable bonds is 4. The number of alkyl halides is 2. The van der Waals surface area contributed by atoms with E-state index in [9.17, 15) is 13.9 Å². The van der Waals surface area contributed by atoms with Crippen LogP contribution in [0.1, 0.15) is 11.1 Å². The molecule has 0 atom stereocenters. The van der Waals surface area contributed by atoms with Gasteiger partial charge in [0.1, 0.15) is 5.01 Å². The lowest BCUT2D eigenvalue weighted by atomic mass is 10.1. The van der Waals surface area contributed by atoms with Crippen molar-refractivity contribution in [2.75, 3.05) is 0 Å². The molecule has 26 heavy (non-hydrogen) atoms. The minimum absolute atomic E-state index is 0.0678. The quantitative estimate of drug-likeness (QED) is 0.577. The molecule has 0 aliphatic heterocycles. The van der Waals surface area contributed by atoms with Crippen molar-refractivity contribution in [2.45, 2.75) is 20.1 Å². The highest BCUT2D eigenvalue weighted by atomic mass is 32.1. The molecule has 0 saturated carbocycles. The Balaban J connectivity index is 1.91. The van der Waals surface area contributed by atoms with Gasteiger partial charge in [0.15, 0.2) is 0 Å². The van der Waals surface area contributed by atoms with Gasteiger partial charge in [-0.15, -0.1) is 11.3 Å². The summed E-state index contributed by atoms with van der Waals surface area (Å²) < 4.78 is 30.1. The normalized spacial score (nSPS) is 11.6. The lowest BCUT2D eigenvalue weighted by Gasteiger charge is -2.07. The molecular weight excluding hydrogens is 360 g/mol. The molecule has 0 unspecified atom stereocenters. The zero-order valence-corrected chi connectivity index (χ0v) is 14.4. The number of aliphatic hydroxyl groups excluding tert-OH is 1. The molecule has 4 aromatic rings. The van der Waals surface area contributed by atoms with Crippen molar-refractivity contribution in [1.82, 2.24) is 15.0 Å². The number of fused-ring (bicyclic) bond motifs is 2. The first-order chi connectivity index (χ1) is 12.5. The SMILES string of the molecule is Cc1cc(-c2nc3cccc(CO)c3s2)c2ncc(OC(F)F)nc2c1. The molecule has 0 aliphatic rings. The number of hydrogen-bond acceptors (Lipinski definition) is 6. The van der Waals surface area contributed by atoms with Crippen molar-refractivity contribution in [3.8, 4) is 16.5 Å². The maximum absolute atomic E-state index is 12.4. The Morgan fingerprint density at radius 3 is 2.81 bits per heavy atom. The van der Waals surface area contributed by atoms with Gasteiger partial charge in [0.2, 0.25) is 5.88 Å². The predicted octanol–water partition coefficient (Wildman–Crippen LogP) is 4.31. The number of benzene rings is 2. The lowest BCUT2D eigenvalue weighted by Crippen LogP contribution is -2.04. The van der Waals surface area contributed by atoms with Crippen molar-refractivity contribution in [3.05, 3.63) is 47.7 Å². The van der Waals surface area contributed by atoms with Crippen LogP contribution in [0.5, 0.6) is 5.88 Å². The molecule has 5 nitrogen and oxygen atoms in total. The fourth-order valence-corrected chi connectivity index (χ4v) is 3.89. The first-order valence-corrected chi connectivity index (χ1v) is 8.58. The van der Waals surface area contributed by atoms with Gasteiger partial charge in [-0.25, -0.2) is 15.0 Å². The summed E-state index contributed by atoms with van der Waals surface area (Å²) in [5.41, 5.74) is 4.28. The summed E-state index contributed by atoms with van der Waals surface area (Å²) in [6, 6.07) is 9.27. The molecule has 132 valence electrons. The molecule has 4 rings (SSSR count). The van der Waals surface area contributed by atoms with Gasteiger partial charge < -0.3 is 9.84 Å². The zero-order chi connectivity index (χ0) is 18.3. The van der Waals surface area contributed by atoms with Crippen LogP contribution in [0.15, 0.2) is 36.5 Å². The molecule has 2 aromatic heterocycles. The van der Waals surface area contributed by atoms with Crippen molar-refractivity contribution in [3.63, 3.8) is 0 Å². The highest BCUT2D eigenvalue weighted by Crippen LogP contribution is 2.36. The van der Waals surface area contributed by atoms with E-state index in [0.717, 1.165) is 31.9 Å². The first kappa shape index (κ1) is 16.7. The number of aliphatic hydroxyl groups is 1. The number of hydrogen-bond donors (Lipinski definition) is 1. The van der Waals surface area contributed by atoms with Gasteiger partial charge >= 0.3 is 6.61 Å². The highest BCUT2D eigenvalue weighted by Gasteiger charge is 2.15. The number of nitrogens with zero attached hydrogens (tertiary/aromatic N) is 3. The average Bonchev–Trinajstić information content (AvgIpc) is 3.04. The van der Waals surface area contributed by atoms with E-state index in [2.05, 4.69) is 19.7 Å². The second-order valence-corrected chi connectivity index (χ2v) is 6.71. The van der Waals surface area contributed by atoms with E-state index in [1.165, 1.54) is 17.5 Å². The second kappa shape index (κ2) is 6.54. The molecule has 8 heteroatoms. The molecule has 0 amide bonds. The van der Waals surface area contributed by atoms with Crippen LogP contribution in [-0.4, -0.2) is 26.7 Å². The van der Waals surface area contributed by atoms with Crippen molar-refractivity contribution < 1.29 is 18.6 Å². The van der Waals surface area contributed by atoms with E-state index < -0.39 is 6.61 Å². The zero-order valence-electron chi connectivity index (χ0n) is 13.6. The molecule has 0 fully saturated rings. The van der Waals surface area contributed by atoms with Crippen LogP contribution in [0.4, 0.5) is 8.78 Å². The van der Waals surface area contributed by atoms with Gasteiger partial charge in [-0.05, 0) is 36.2 Å². The van der Waals surface area contributed by atoms with Gasteiger partial charge in [0.25, 0.3) is 0 Å². The number of aromatic nitrogens is 3. The largest absolute Gasteiger partial charge is 0.415 e. The van der Waals surface area contributed by atoms with Gasteiger partial charge in [0.05, 0.1) is 34.1 Å². The summed E-state index contributed by atoms with van der Waals surface area (Å²) in [5, 5.41) is 10.2. The minimum atomic E-state index is -2.95. The van der Waals surface area contributed by atoms with Crippen LogP contribution in [0.25, 0.3) is 31.8 Å². The molecular formula is C18H13F2N3O2S. The summed E-state index contributed by atoms with van der Waals surface area (Å²) in [4.78, 5) is 13.0. The molecule has 0 aliphatic carbocycles. The lowest BCUT2D eigenvalue weighted by molar-refractivity contribution is -0.0528. The Kier molecular flexibility index (Phi) is 4.21. The fraction of sp³-hybridized carbons (Fsp3) is 0.167. The molecule has 0 bridgehead atoms. The fourth-order valence-electron chi connectivity index (χ4n) is 2.80. The van der Waals surface area contributed by atoms with Crippen LogP contribution < -0.4 is 4.74 Å². The molecule has 0 spiro atoms. The van der Waals surface area contributed by atoms with Crippen LogP contribution >= 0.6 is 11.3 Å². The standard InChI is InChI=1S/C18H13F2N3O2S/c1-9-5-11(15-13(6-9)22-14(7-21-15)25-18(19)20)17-23-12-4-2-3-10(8-24)16(12)26-17/h2-7,18,24H,8H2,1H3. The Bertz CT molecular complexity index is 1110. The van der Waals surface area contributed by atoms with Gasteiger partial charge in [-0.1, -0.05) is 12.1 Å². The number of ether oxygens (including phenoxy) is 1. The van der Waals surface area contributed by atoms with E-state index >= 15 is 0 Å². The smallest absolute Gasteiger partial charge is 0.388 e. The third kappa shape index (κ3) is 2.97. The highest BCUT2D eigenvalue weighted by molar-refractivity contribution is 7.22. The summed E-state index contributed by atoms with van der Waals surface area (Å²) in [7, 11) is 0. The second-order valence-electron chi connectivity index (χ2n) is 5.71. The van der Waals surface area contributed by atoms with E-state index in [4.69, 9.17) is 0 Å². The van der Waals surface area contributed by atoms with Crippen molar-refractivity contribution in [1.29, 1.82) is 0 Å². The van der Waals surface area contributed by atoms with E-state index in [1.54, 1.807) is 6.07 Å². The maximum atomic E-state index is 12.4. The van der Waals surface area contributed by atoms with Gasteiger partial charge in [0, 0.05) is 5.56 Å². The summed E-state index contributed by atoms with van der Waals surface area (Å²) in [5.74, 6) is -0.226. The Morgan fingerprint density at radius 1 is 1.19 bits per heavy atom. The third-order valence-electron chi connectivity index (χ3n) is 3.88. The van der Waals surface area contributed by atoms with E-state index in [-0.39, 0.29) is 12.5 Å². The van der Waals surface area contributed by atoms with E-state index in [1.807, 2.05) is 31.2 Å². The predicted molar refractivity (Wildman–Crippen MR) is 95.4 cm³/mol. The summed E-state index contributed by atoms with van der Waals surface area (Å²) in [6.07, 6.45) is 1.18. The molecule has 1 N–H and O–H groups in total. The van der Waals surface area contributed by atoms with Crippen molar-refractivity contribution >= 4 is 32.6 Å². The summed E-state index contributed by atoms with van der Waals surface area (Å²) >= 11 is 1.45. The number of halogens is 2. The minimum Gasteiger partial charge on any atom is -0.415 e. The monoisotopic (exact) mass is 373 g/mol. The molecule has 2 aromatic carbocycles. The van der Waals surface area contributed by atoms with Crippen molar-refractivity contribution in [2.24, 2.45) is 0 Å². The number of aryl methyl sites for hydroxylation is 1. The topological polar surface area (TPSA) is 68.1 Å². The number of thiazole rings is 1. The Morgan fingerprint density at radius 2 is 2.04 bits per heavy atom.